The van der Waals surface area contributed by atoms with E-state index < -0.39 is 0 Å². The van der Waals surface area contributed by atoms with Gasteiger partial charge in [-0.3, -0.25) is 9.59 Å². The maximum absolute atomic E-state index is 12.7. The highest BCUT2D eigenvalue weighted by atomic mass is 32.1. The molecular formula is C18H19N3O3S. The van der Waals surface area contributed by atoms with E-state index >= 15 is 0 Å². The highest BCUT2D eigenvalue weighted by Gasteiger charge is 2.21. The average molecular weight is 357 g/mol. The second kappa shape index (κ2) is 7.06. The zero-order valence-electron chi connectivity index (χ0n) is 14.4. The first-order valence-corrected chi connectivity index (χ1v) is 8.68. The third-order valence-corrected chi connectivity index (χ3v) is 5.18. The van der Waals surface area contributed by atoms with E-state index in [4.69, 9.17) is 4.74 Å². The fourth-order valence-electron chi connectivity index (χ4n) is 2.50. The Labute approximate surface area is 149 Å². The Kier molecular flexibility index (Phi) is 4.85. The van der Waals surface area contributed by atoms with Crippen LogP contribution in [0, 0.1) is 6.92 Å². The molecule has 2 aromatic heterocycles. The zero-order valence-corrected chi connectivity index (χ0v) is 15.2. The summed E-state index contributed by atoms with van der Waals surface area (Å²) in [7, 11) is 3.38. The Balaban J connectivity index is 1.74. The van der Waals surface area contributed by atoms with Gasteiger partial charge in [0.1, 0.15) is 17.2 Å². The number of amides is 1. The number of hydrogen-bond donors (Lipinski definition) is 0. The molecule has 0 aliphatic heterocycles. The Hall–Kier alpha value is -2.67. The normalized spacial score (nSPS) is 10.8. The Morgan fingerprint density at radius 2 is 2.04 bits per heavy atom. The van der Waals surface area contributed by atoms with Crippen LogP contribution in [-0.2, 0) is 7.05 Å². The molecule has 0 saturated carbocycles. The Morgan fingerprint density at radius 3 is 2.76 bits per heavy atom. The molecule has 0 saturated heterocycles. The SMILES string of the molecule is Cc1c(C(=O)N(C)CCOc2ccccc2)sc2ncn(C)c(=O)c12. The lowest BCUT2D eigenvalue weighted by Crippen LogP contribution is -2.30. The molecule has 0 radical (unpaired) electrons. The van der Waals surface area contributed by atoms with Gasteiger partial charge in [-0.05, 0) is 24.6 Å². The number of carbonyl (C=O) groups excluding carboxylic acids is 1. The third kappa shape index (κ3) is 3.41. The standard InChI is InChI=1S/C18H19N3O3S/c1-12-14-16(19-11-21(3)17(14)22)25-15(12)18(23)20(2)9-10-24-13-7-5-4-6-8-13/h4-8,11H,9-10H2,1-3H3. The first kappa shape index (κ1) is 17.2. The van der Waals surface area contributed by atoms with Crippen molar-refractivity contribution in [1.29, 1.82) is 0 Å². The molecule has 25 heavy (non-hydrogen) atoms. The van der Waals surface area contributed by atoms with Crippen molar-refractivity contribution in [2.75, 3.05) is 20.2 Å². The van der Waals surface area contributed by atoms with Crippen molar-refractivity contribution >= 4 is 27.5 Å². The fourth-order valence-corrected chi connectivity index (χ4v) is 3.64. The summed E-state index contributed by atoms with van der Waals surface area (Å²) >= 11 is 1.26. The van der Waals surface area contributed by atoms with Gasteiger partial charge in [0.2, 0.25) is 0 Å². The van der Waals surface area contributed by atoms with Gasteiger partial charge in [-0.1, -0.05) is 18.2 Å². The number of aryl methyl sites for hydroxylation is 2. The first-order chi connectivity index (χ1) is 12.0. The van der Waals surface area contributed by atoms with Crippen molar-refractivity contribution in [1.82, 2.24) is 14.5 Å². The van der Waals surface area contributed by atoms with E-state index in [0.717, 1.165) is 5.75 Å². The zero-order chi connectivity index (χ0) is 18.0. The molecule has 6 nitrogen and oxygen atoms in total. The summed E-state index contributed by atoms with van der Waals surface area (Å²) in [5.74, 6) is 0.647. The predicted octanol–water partition coefficient (Wildman–Crippen LogP) is 2.45. The van der Waals surface area contributed by atoms with E-state index in [2.05, 4.69) is 4.98 Å². The monoisotopic (exact) mass is 357 g/mol. The van der Waals surface area contributed by atoms with E-state index in [-0.39, 0.29) is 11.5 Å². The second-order valence-corrected chi connectivity index (χ2v) is 6.78. The topological polar surface area (TPSA) is 64.4 Å². The molecule has 7 heteroatoms. The second-order valence-electron chi connectivity index (χ2n) is 5.79. The molecule has 2 heterocycles. The van der Waals surface area contributed by atoms with Crippen molar-refractivity contribution in [2.24, 2.45) is 7.05 Å². The van der Waals surface area contributed by atoms with E-state index in [1.807, 2.05) is 30.3 Å². The van der Waals surface area contributed by atoms with Crippen LogP contribution in [0.1, 0.15) is 15.2 Å². The first-order valence-electron chi connectivity index (χ1n) is 7.87. The van der Waals surface area contributed by atoms with Crippen LogP contribution in [0.15, 0.2) is 41.5 Å². The summed E-state index contributed by atoms with van der Waals surface area (Å²) in [6, 6.07) is 9.47. The van der Waals surface area contributed by atoms with E-state index in [0.29, 0.717) is 33.8 Å². The van der Waals surface area contributed by atoms with Gasteiger partial charge in [-0.25, -0.2) is 4.98 Å². The van der Waals surface area contributed by atoms with Crippen molar-refractivity contribution < 1.29 is 9.53 Å². The summed E-state index contributed by atoms with van der Waals surface area (Å²) in [6.45, 7) is 2.65. The smallest absolute Gasteiger partial charge is 0.264 e. The minimum Gasteiger partial charge on any atom is -0.492 e. The highest BCUT2D eigenvalue weighted by molar-refractivity contribution is 7.20. The lowest BCUT2D eigenvalue weighted by Gasteiger charge is -2.17. The molecule has 0 aliphatic rings. The fraction of sp³-hybridized carbons (Fsp3) is 0.278. The number of likely N-dealkylation sites (N-methyl/N-ethyl adjacent to an activating group) is 1. The molecule has 0 N–H and O–H groups in total. The third-order valence-electron chi connectivity index (χ3n) is 3.99. The summed E-state index contributed by atoms with van der Waals surface area (Å²) in [5.41, 5.74) is 0.558. The van der Waals surface area contributed by atoms with Crippen molar-refractivity contribution in [2.45, 2.75) is 6.92 Å². The van der Waals surface area contributed by atoms with Crippen LogP contribution < -0.4 is 10.3 Å². The number of aromatic nitrogens is 2. The number of rotatable bonds is 5. The molecule has 1 aromatic carbocycles. The van der Waals surface area contributed by atoms with Gasteiger partial charge in [0.25, 0.3) is 11.5 Å². The Morgan fingerprint density at radius 1 is 1.32 bits per heavy atom. The molecular weight excluding hydrogens is 338 g/mol. The van der Waals surface area contributed by atoms with Crippen LogP contribution in [0.25, 0.3) is 10.2 Å². The van der Waals surface area contributed by atoms with E-state index in [1.54, 1.807) is 25.9 Å². The molecule has 0 unspecified atom stereocenters. The lowest BCUT2D eigenvalue weighted by atomic mass is 10.2. The van der Waals surface area contributed by atoms with Crippen LogP contribution in [0.4, 0.5) is 0 Å². The number of carbonyl (C=O) groups is 1. The van der Waals surface area contributed by atoms with Gasteiger partial charge in [0.05, 0.1) is 23.1 Å². The molecule has 3 aromatic rings. The van der Waals surface area contributed by atoms with Crippen molar-refractivity contribution in [3.63, 3.8) is 0 Å². The largest absolute Gasteiger partial charge is 0.492 e. The van der Waals surface area contributed by atoms with Gasteiger partial charge in [0.15, 0.2) is 0 Å². The van der Waals surface area contributed by atoms with Crippen LogP contribution in [-0.4, -0.2) is 40.6 Å². The maximum atomic E-state index is 12.7. The number of nitrogens with zero attached hydrogens (tertiary/aromatic N) is 3. The van der Waals surface area contributed by atoms with Crippen LogP contribution in [0.2, 0.25) is 0 Å². The average Bonchev–Trinajstić information content (AvgIpc) is 2.95. The number of hydrogen-bond acceptors (Lipinski definition) is 5. The molecule has 0 bridgehead atoms. The highest BCUT2D eigenvalue weighted by Crippen LogP contribution is 2.27. The molecule has 0 fully saturated rings. The van der Waals surface area contributed by atoms with Gasteiger partial charge in [-0.15, -0.1) is 11.3 Å². The molecule has 0 spiro atoms. The van der Waals surface area contributed by atoms with Gasteiger partial charge < -0.3 is 14.2 Å². The van der Waals surface area contributed by atoms with Gasteiger partial charge >= 0.3 is 0 Å². The number of thiophene rings is 1. The molecule has 1 amide bonds. The minimum absolute atomic E-state index is 0.126. The number of ether oxygens (including phenoxy) is 1. The van der Waals surface area contributed by atoms with Gasteiger partial charge in [0, 0.05) is 14.1 Å². The summed E-state index contributed by atoms with van der Waals surface area (Å²) in [5, 5.41) is 0.521. The molecule has 0 atom stereocenters. The van der Waals surface area contributed by atoms with Crippen molar-refractivity contribution in [3.8, 4) is 5.75 Å². The van der Waals surface area contributed by atoms with Gasteiger partial charge in [-0.2, -0.15) is 0 Å². The molecule has 3 rings (SSSR count). The Bertz CT molecular complexity index is 963. The number of para-hydroxylation sites is 1. The summed E-state index contributed by atoms with van der Waals surface area (Å²) < 4.78 is 7.05. The lowest BCUT2D eigenvalue weighted by molar-refractivity contribution is 0.0778. The van der Waals surface area contributed by atoms with Crippen LogP contribution >= 0.6 is 11.3 Å². The van der Waals surface area contributed by atoms with Crippen LogP contribution in [0.5, 0.6) is 5.75 Å². The van der Waals surface area contributed by atoms with Crippen LogP contribution in [0.3, 0.4) is 0 Å². The molecule has 130 valence electrons. The summed E-state index contributed by atoms with van der Waals surface area (Å²) in [6.07, 6.45) is 1.48. The maximum Gasteiger partial charge on any atom is 0.264 e. The minimum atomic E-state index is -0.132. The van der Waals surface area contributed by atoms with E-state index in [9.17, 15) is 9.59 Å². The number of fused-ring (bicyclic) bond motifs is 1. The quantitative estimate of drug-likeness (QED) is 0.704. The van der Waals surface area contributed by atoms with Crippen molar-refractivity contribution in [3.05, 3.63) is 57.5 Å². The number of benzene rings is 1. The summed E-state index contributed by atoms with van der Waals surface area (Å²) in [4.78, 5) is 32.0. The predicted molar refractivity (Wildman–Crippen MR) is 98.5 cm³/mol. The molecule has 0 aliphatic carbocycles. The van der Waals surface area contributed by atoms with E-state index in [1.165, 1.54) is 22.2 Å².